The summed E-state index contributed by atoms with van der Waals surface area (Å²) >= 11 is -2.50. The molecular weight excluding hydrogens is 377 g/mol. The van der Waals surface area contributed by atoms with Crippen LogP contribution in [-0.2, 0) is 17.6 Å². The Kier molecular flexibility index (Phi) is 3.72. The SMILES string of the molecule is O=S(O)c1ccc2c(c1)CN(c1ccccc1)[I-]O2. The van der Waals surface area contributed by atoms with E-state index in [9.17, 15) is 4.21 Å². The Morgan fingerprint density at radius 1 is 1.21 bits per heavy atom. The third-order valence-electron chi connectivity index (χ3n) is 2.78. The average molecular weight is 388 g/mol. The Balaban J connectivity index is 1.90. The Morgan fingerprint density at radius 3 is 2.74 bits per heavy atom. The summed E-state index contributed by atoms with van der Waals surface area (Å²) in [4.78, 5) is 0.412. The molecule has 100 valence electrons. The molecule has 0 bridgehead atoms. The van der Waals surface area contributed by atoms with Gasteiger partial charge in [-0.15, -0.1) is 0 Å². The van der Waals surface area contributed by atoms with Crippen LogP contribution in [0.15, 0.2) is 53.4 Å². The molecular formula is C13H11INO3S-. The molecule has 0 radical (unpaired) electrons. The van der Waals surface area contributed by atoms with Crippen LogP contribution in [0.5, 0.6) is 5.75 Å². The van der Waals surface area contributed by atoms with E-state index in [1.807, 2.05) is 30.3 Å². The van der Waals surface area contributed by atoms with Crippen molar-refractivity contribution in [2.45, 2.75) is 11.4 Å². The summed E-state index contributed by atoms with van der Waals surface area (Å²) in [6.45, 7) is 0.720. The molecule has 3 rings (SSSR count). The number of fused-ring (bicyclic) bond motifs is 1. The maximum absolute atomic E-state index is 11.1. The van der Waals surface area contributed by atoms with Gasteiger partial charge in [0.1, 0.15) is 0 Å². The third kappa shape index (κ3) is 2.75. The van der Waals surface area contributed by atoms with Crippen molar-refractivity contribution in [3.05, 3.63) is 54.1 Å². The number of benzene rings is 2. The van der Waals surface area contributed by atoms with Gasteiger partial charge in [-0.05, 0) is 0 Å². The quantitative estimate of drug-likeness (QED) is 0.432. The Morgan fingerprint density at radius 2 is 2.00 bits per heavy atom. The first-order valence-electron chi connectivity index (χ1n) is 5.62. The van der Waals surface area contributed by atoms with Crippen LogP contribution in [0.25, 0.3) is 0 Å². The van der Waals surface area contributed by atoms with E-state index in [4.69, 9.17) is 7.62 Å². The fourth-order valence-electron chi connectivity index (χ4n) is 1.84. The Labute approximate surface area is 124 Å². The van der Waals surface area contributed by atoms with Gasteiger partial charge in [0, 0.05) is 0 Å². The number of rotatable bonds is 2. The summed E-state index contributed by atoms with van der Waals surface area (Å²) in [6, 6.07) is 15.2. The molecule has 4 nitrogen and oxygen atoms in total. The van der Waals surface area contributed by atoms with Crippen LogP contribution in [0, 0.1) is 0 Å². The van der Waals surface area contributed by atoms with Crippen LogP contribution in [0.1, 0.15) is 5.56 Å². The first-order valence-corrected chi connectivity index (χ1v) is 8.58. The van der Waals surface area contributed by atoms with Crippen LogP contribution in [0.4, 0.5) is 5.69 Å². The zero-order valence-corrected chi connectivity index (χ0v) is 12.8. The molecule has 0 amide bonds. The normalized spacial score (nSPS) is 15.9. The van der Waals surface area contributed by atoms with Crippen molar-refractivity contribution in [1.82, 2.24) is 0 Å². The average Bonchev–Trinajstić information content (AvgIpc) is 2.47. The number of hydrogen-bond donors (Lipinski definition) is 1. The summed E-state index contributed by atoms with van der Waals surface area (Å²) in [7, 11) is 0. The van der Waals surface area contributed by atoms with Gasteiger partial charge in [-0.2, -0.15) is 0 Å². The van der Waals surface area contributed by atoms with Crippen molar-refractivity contribution >= 4 is 16.8 Å². The van der Waals surface area contributed by atoms with Crippen molar-refractivity contribution in [3.63, 3.8) is 0 Å². The Bertz CT molecular complexity index is 621. The molecule has 0 fully saturated rings. The monoisotopic (exact) mass is 388 g/mol. The molecule has 0 spiro atoms. The van der Waals surface area contributed by atoms with Crippen LogP contribution >= 0.6 is 0 Å². The van der Waals surface area contributed by atoms with Crippen molar-refractivity contribution in [1.29, 1.82) is 0 Å². The van der Waals surface area contributed by atoms with Gasteiger partial charge < -0.3 is 0 Å². The molecule has 0 aliphatic carbocycles. The molecule has 1 aliphatic rings. The number of nitrogens with zero attached hydrogens (tertiary/aromatic N) is 1. The molecule has 2 aromatic rings. The minimum atomic E-state index is -1.95. The van der Waals surface area contributed by atoms with Crippen molar-refractivity contribution in [3.8, 4) is 5.75 Å². The van der Waals surface area contributed by atoms with E-state index in [-0.39, 0.29) is 0 Å². The van der Waals surface area contributed by atoms with Gasteiger partial charge in [0.25, 0.3) is 0 Å². The third-order valence-corrected chi connectivity index (χ3v) is 5.48. The fraction of sp³-hybridized carbons (Fsp3) is 0.0769. The second-order valence-electron chi connectivity index (χ2n) is 4.02. The number of halogens is 1. The molecule has 2 aromatic carbocycles. The zero-order chi connectivity index (χ0) is 13.2. The van der Waals surface area contributed by atoms with Crippen molar-refractivity contribution < 1.29 is 33.7 Å². The minimum absolute atomic E-state index is 0.412. The van der Waals surface area contributed by atoms with E-state index >= 15 is 0 Å². The fourth-order valence-corrected chi connectivity index (χ4v) is 4.20. The van der Waals surface area contributed by atoms with Crippen molar-refractivity contribution in [2.75, 3.05) is 3.11 Å². The van der Waals surface area contributed by atoms with Gasteiger partial charge in [0.2, 0.25) is 0 Å². The molecule has 1 N–H and O–H groups in total. The molecule has 1 aliphatic heterocycles. The summed E-state index contributed by atoms with van der Waals surface area (Å²) in [6.07, 6.45) is 0. The van der Waals surface area contributed by atoms with Gasteiger partial charge in [-0.25, -0.2) is 0 Å². The molecule has 1 atom stereocenters. The van der Waals surface area contributed by atoms with E-state index in [1.54, 1.807) is 18.2 Å². The topological polar surface area (TPSA) is 49.8 Å². The van der Waals surface area contributed by atoms with Crippen LogP contribution < -0.4 is 28.1 Å². The van der Waals surface area contributed by atoms with E-state index in [0.29, 0.717) is 4.90 Å². The summed E-state index contributed by atoms with van der Waals surface area (Å²) in [5.41, 5.74) is 2.08. The van der Waals surface area contributed by atoms with E-state index < -0.39 is 33.0 Å². The molecule has 6 heteroatoms. The first kappa shape index (κ1) is 12.9. The second kappa shape index (κ2) is 5.48. The summed E-state index contributed by atoms with van der Waals surface area (Å²) in [5, 5.41) is 0. The molecule has 0 saturated heterocycles. The molecule has 19 heavy (non-hydrogen) atoms. The molecule has 0 aromatic heterocycles. The maximum atomic E-state index is 11.1. The number of hydrogen-bond acceptors (Lipinski definition) is 3. The first-order chi connectivity index (χ1) is 9.24. The summed E-state index contributed by atoms with van der Waals surface area (Å²) < 4.78 is 28.2. The van der Waals surface area contributed by atoms with Crippen LogP contribution in [0.3, 0.4) is 0 Å². The second-order valence-corrected chi connectivity index (χ2v) is 6.99. The molecule has 1 unspecified atom stereocenters. The standard InChI is InChI=1S/C13H11INO3S/c16-19(17)12-6-7-13-10(8-12)9-15(14-18-13)11-4-2-1-3-5-11/h1-8H,9H2,(H,16,17)/q-1. The Hall–Kier alpha value is -1.12. The summed E-state index contributed by atoms with van der Waals surface area (Å²) in [5.74, 6) is 0.828. The number of anilines is 1. The van der Waals surface area contributed by atoms with Crippen LogP contribution in [-0.4, -0.2) is 8.76 Å². The predicted molar refractivity (Wildman–Crippen MR) is 68.7 cm³/mol. The van der Waals surface area contributed by atoms with Crippen LogP contribution in [0.2, 0.25) is 0 Å². The van der Waals surface area contributed by atoms with Gasteiger partial charge in [-0.3, -0.25) is 0 Å². The van der Waals surface area contributed by atoms with E-state index in [0.717, 1.165) is 23.5 Å². The zero-order valence-electron chi connectivity index (χ0n) is 9.82. The van der Waals surface area contributed by atoms with Gasteiger partial charge >= 0.3 is 125 Å². The van der Waals surface area contributed by atoms with Gasteiger partial charge in [0.05, 0.1) is 0 Å². The molecule has 1 heterocycles. The predicted octanol–water partition coefficient (Wildman–Crippen LogP) is -0.415. The van der Waals surface area contributed by atoms with Gasteiger partial charge in [-0.1, -0.05) is 0 Å². The molecule has 0 saturated carbocycles. The van der Waals surface area contributed by atoms with E-state index in [1.165, 1.54) is 0 Å². The van der Waals surface area contributed by atoms with Gasteiger partial charge in [0.15, 0.2) is 0 Å². The van der Waals surface area contributed by atoms with Crippen molar-refractivity contribution in [2.24, 2.45) is 0 Å². The number of para-hydroxylation sites is 1. The van der Waals surface area contributed by atoms with E-state index in [2.05, 4.69) is 3.11 Å².